The third-order valence-electron chi connectivity index (χ3n) is 2.91. The highest BCUT2D eigenvalue weighted by Crippen LogP contribution is 2.00. The van der Waals surface area contributed by atoms with E-state index in [1.54, 1.807) is 12.4 Å². The van der Waals surface area contributed by atoms with Crippen LogP contribution >= 0.6 is 0 Å². The van der Waals surface area contributed by atoms with Crippen molar-refractivity contribution in [3.63, 3.8) is 0 Å². The number of amides is 2. The molecule has 22 heavy (non-hydrogen) atoms. The zero-order valence-electron chi connectivity index (χ0n) is 12.6. The Hall–Kier alpha value is -2.95. The van der Waals surface area contributed by atoms with Gasteiger partial charge in [0.05, 0.1) is 12.4 Å². The summed E-state index contributed by atoms with van der Waals surface area (Å²) in [6.45, 7) is 4.03. The van der Waals surface area contributed by atoms with E-state index in [0.29, 0.717) is 0 Å². The van der Waals surface area contributed by atoms with Crippen LogP contribution in [0, 0.1) is 13.8 Å². The van der Waals surface area contributed by atoms with E-state index in [1.165, 1.54) is 11.1 Å². The molecule has 0 saturated heterocycles. The minimum Gasteiger partial charge on any atom is -0.245 e. The van der Waals surface area contributed by atoms with Gasteiger partial charge < -0.3 is 0 Å². The second-order valence-electron chi connectivity index (χ2n) is 4.89. The van der Waals surface area contributed by atoms with Crippen LogP contribution in [0.2, 0.25) is 0 Å². The lowest BCUT2D eigenvalue weighted by Gasteiger charge is -1.98. The maximum atomic E-state index is 11.5. The van der Waals surface area contributed by atoms with Gasteiger partial charge >= 0.3 is 6.03 Å². The number of hydrogen-bond donors (Lipinski definition) is 2. The lowest BCUT2D eigenvalue weighted by molar-refractivity contribution is 0.242. The molecule has 112 valence electrons. The van der Waals surface area contributed by atoms with Crippen molar-refractivity contribution >= 4 is 18.5 Å². The number of aryl methyl sites for hydroxylation is 2. The number of nitrogens with zero attached hydrogens (tertiary/aromatic N) is 2. The third kappa shape index (κ3) is 5.20. The number of benzene rings is 2. The molecule has 0 aliphatic heterocycles. The minimum absolute atomic E-state index is 0.494. The lowest BCUT2D eigenvalue weighted by Crippen LogP contribution is -2.28. The van der Waals surface area contributed by atoms with E-state index in [1.807, 2.05) is 62.4 Å². The van der Waals surface area contributed by atoms with Gasteiger partial charge in [0.2, 0.25) is 0 Å². The number of nitrogens with one attached hydrogen (secondary N) is 2. The van der Waals surface area contributed by atoms with E-state index < -0.39 is 6.03 Å². The van der Waals surface area contributed by atoms with Gasteiger partial charge in [-0.25, -0.2) is 15.6 Å². The van der Waals surface area contributed by atoms with E-state index in [0.717, 1.165) is 11.1 Å². The first-order chi connectivity index (χ1) is 10.6. The first kappa shape index (κ1) is 15.4. The zero-order valence-corrected chi connectivity index (χ0v) is 12.6. The fourth-order valence-corrected chi connectivity index (χ4v) is 1.66. The Morgan fingerprint density at radius 2 is 1.14 bits per heavy atom. The summed E-state index contributed by atoms with van der Waals surface area (Å²) in [4.78, 5) is 11.5. The fraction of sp³-hybridized carbons (Fsp3) is 0.118. The zero-order chi connectivity index (χ0) is 15.8. The van der Waals surface area contributed by atoms with Crippen LogP contribution in [0.3, 0.4) is 0 Å². The molecule has 0 heterocycles. The summed E-state index contributed by atoms with van der Waals surface area (Å²) in [5.74, 6) is 0. The Morgan fingerprint density at radius 3 is 1.50 bits per heavy atom. The van der Waals surface area contributed by atoms with Crippen molar-refractivity contribution in [3.05, 3.63) is 70.8 Å². The predicted octanol–water partition coefficient (Wildman–Crippen LogP) is 2.97. The van der Waals surface area contributed by atoms with Gasteiger partial charge in [-0.2, -0.15) is 10.2 Å². The van der Waals surface area contributed by atoms with Gasteiger partial charge in [0.15, 0.2) is 0 Å². The number of urea groups is 1. The number of hydrazone groups is 2. The monoisotopic (exact) mass is 294 g/mol. The highest BCUT2D eigenvalue weighted by Gasteiger charge is 1.94. The van der Waals surface area contributed by atoms with E-state index >= 15 is 0 Å². The standard InChI is InChI=1S/C17H18N4O/c1-13-3-7-15(8-4-13)11-18-20-17(22)21-19-12-16-9-5-14(2)6-10-16/h3-12H,1-2H3,(H2,20,21,22)/b18-11-,19-12-. The molecule has 2 amide bonds. The minimum atomic E-state index is -0.494. The Kier molecular flexibility index (Phi) is 5.43. The maximum Gasteiger partial charge on any atom is 0.355 e. The predicted molar refractivity (Wildman–Crippen MR) is 89.2 cm³/mol. The van der Waals surface area contributed by atoms with Gasteiger partial charge in [0.1, 0.15) is 0 Å². The quantitative estimate of drug-likeness (QED) is 0.660. The van der Waals surface area contributed by atoms with Crippen LogP contribution < -0.4 is 10.9 Å². The van der Waals surface area contributed by atoms with Crippen molar-refractivity contribution in [2.75, 3.05) is 0 Å². The van der Waals surface area contributed by atoms with E-state index in [9.17, 15) is 4.79 Å². The van der Waals surface area contributed by atoms with Crippen molar-refractivity contribution in [1.82, 2.24) is 10.9 Å². The first-order valence-electron chi connectivity index (χ1n) is 6.89. The molecule has 2 N–H and O–H groups in total. The topological polar surface area (TPSA) is 65.8 Å². The molecule has 2 aromatic rings. The molecular formula is C17H18N4O. The van der Waals surface area contributed by atoms with Gasteiger partial charge in [0.25, 0.3) is 0 Å². The lowest BCUT2D eigenvalue weighted by atomic mass is 10.2. The second kappa shape index (κ2) is 7.73. The molecule has 0 aliphatic rings. The van der Waals surface area contributed by atoms with Gasteiger partial charge in [-0.05, 0) is 25.0 Å². The normalized spacial score (nSPS) is 11.0. The van der Waals surface area contributed by atoms with Crippen molar-refractivity contribution in [1.29, 1.82) is 0 Å². The van der Waals surface area contributed by atoms with Gasteiger partial charge in [-0.15, -0.1) is 0 Å². The number of rotatable bonds is 4. The smallest absolute Gasteiger partial charge is 0.245 e. The summed E-state index contributed by atoms with van der Waals surface area (Å²) in [5.41, 5.74) is 8.86. The fourth-order valence-electron chi connectivity index (χ4n) is 1.66. The van der Waals surface area contributed by atoms with Crippen LogP contribution in [0.25, 0.3) is 0 Å². The Labute approximate surface area is 129 Å². The Bertz CT molecular complexity index is 613. The third-order valence-corrected chi connectivity index (χ3v) is 2.91. The number of carbonyl (C=O) groups is 1. The molecule has 0 radical (unpaired) electrons. The number of carbonyl (C=O) groups excluding carboxylic acids is 1. The van der Waals surface area contributed by atoms with Crippen molar-refractivity contribution < 1.29 is 4.79 Å². The molecule has 0 bridgehead atoms. The molecule has 0 unspecified atom stereocenters. The Balaban J connectivity index is 1.78. The molecule has 0 spiro atoms. The SMILES string of the molecule is Cc1ccc(/C=N\NC(=O)N/N=C\c2ccc(C)cc2)cc1. The maximum absolute atomic E-state index is 11.5. The van der Waals surface area contributed by atoms with Crippen LogP contribution in [-0.4, -0.2) is 18.5 Å². The second-order valence-corrected chi connectivity index (χ2v) is 4.89. The summed E-state index contributed by atoms with van der Waals surface area (Å²) >= 11 is 0. The average molecular weight is 294 g/mol. The van der Waals surface area contributed by atoms with Gasteiger partial charge in [-0.3, -0.25) is 0 Å². The van der Waals surface area contributed by atoms with E-state index in [2.05, 4.69) is 21.1 Å². The van der Waals surface area contributed by atoms with Crippen molar-refractivity contribution in [2.45, 2.75) is 13.8 Å². The average Bonchev–Trinajstić information content (AvgIpc) is 2.51. The van der Waals surface area contributed by atoms with Crippen molar-refractivity contribution in [2.24, 2.45) is 10.2 Å². The van der Waals surface area contributed by atoms with E-state index in [-0.39, 0.29) is 0 Å². The van der Waals surface area contributed by atoms with Gasteiger partial charge in [-0.1, -0.05) is 59.7 Å². The van der Waals surface area contributed by atoms with Crippen LogP contribution in [0.4, 0.5) is 4.79 Å². The van der Waals surface area contributed by atoms with Crippen LogP contribution in [0.1, 0.15) is 22.3 Å². The summed E-state index contributed by atoms with van der Waals surface area (Å²) in [5, 5.41) is 7.70. The summed E-state index contributed by atoms with van der Waals surface area (Å²) in [7, 11) is 0. The molecule has 2 aromatic carbocycles. The van der Waals surface area contributed by atoms with Crippen LogP contribution in [-0.2, 0) is 0 Å². The highest BCUT2D eigenvalue weighted by molar-refractivity contribution is 5.83. The van der Waals surface area contributed by atoms with Crippen LogP contribution in [0.5, 0.6) is 0 Å². The highest BCUT2D eigenvalue weighted by atomic mass is 16.2. The summed E-state index contributed by atoms with van der Waals surface area (Å²) in [6, 6.07) is 15.1. The molecular weight excluding hydrogens is 276 g/mol. The molecule has 0 fully saturated rings. The molecule has 2 rings (SSSR count). The van der Waals surface area contributed by atoms with Gasteiger partial charge in [0, 0.05) is 0 Å². The molecule has 5 nitrogen and oxygen atoms in total. The Morgan fingerprint density at radius 1 is 0.773 bits per heavy atom. The van der Waals surface area contributed by atoms with Crippen molar-refractivity contribution in [3.8, 4) is 0 Å². The summed E-state index contributed by atoms with van der Waals surface area (Å²) < 4.78 is 0. The largest absolute Gasteiger partial charge is 0.355 e. The molecule has 5 heteroatoms. The summed E-state index contributed by atoms with van der Waals surface area (Å²) in [6.07, 6.45) is 3.14. The molecule has 0 aliphatic carbocycles. The number of hydrogen-bond acceptors (Lipinski definition) is 3. The molecule has 0 saturated carbocycles. The van der Waals surface area contributed by atoms with E-state index in [4.69, 9.17) is 0 Å². The molecule has 0 aromatic heterocycles. The first-order valence-corrected chi connectivity index (χ1v) is 6.89. The van der Waals surface area contributed by atoms with Crippen LogP contribution in [0.15, 0.2) is 58.7 Å². The molecule has 0 atom stereocenters.